The summed E-state index contributed by atoms with van der Waals surface area (Å²) < 4.78 is 1.89. The molecule has 0 saturated heterocycles. The van der Waals surface area contributed by atoms with E-state index in [1.54, 1.807) is 12.1 Å². The number of carbonyl (C=O) groups excluding carboxylic acids is 1. The second-order valence-electron chi connectivity index (χ2n) is 5.97. The third-order valence-corrected chi connectivity index (χ3v) is 4.24. The summed E-state index contributed by atoms with van der Waals surface area (Å²) in [6, 6.07) is 29.4. The maximum absolute atomic E-state index is 11.3. The van der Waals surface area contributed by atoms with Crippen molar-refractivity contribution < 1.29 is 4.79 Å². The predicted molar refractivity (Wildman–Crippen MR) is 103 cm³/mol. The van der Waals surface area contributed by atoms with Gasteiger partial charge in [0, 0.05) is 16.7 Å². The molecule has 0 unspecified atom stereocenters. The molecule has 126 valence electrons. The van der Waals surface area contributed by atoms with E-state index in [0.717, 1.165) is 28.2 Å². The lowest BCUT2D eigenvalue weighted by Crippen LogP contribution is -2.10. The van der Waals surface area contributed by atoms with Gasteiger partial charge in [0.05, 0.1) is 17.1 Å². The van der Waals surface area contributed by atoms with E-state index in [0.29, 0.717) is 5.56 Å². The molecular formula is C22H17N3O. The van der Waals surface area contributed by atoms with Crippen LogP contribution in [0.5, 0.6) is 0 Å². The molecule has 3 aromatic carbocycles. The molecular weight excluding hydrogens is 322 g/mol. The van der Waals surface area contributed by atoms with Crippen LogP contribution in [0.4, 0.5) is 0 Å². The third kappa shape index (κ3) is 3.00. The van der Waals surface area contributed by atoms with Crippen molar-refractivity contribution in [2.24, 2.45) is 5.73 Å². The van der Waals surface area contributed by atoms with Gasteiger partial charge in [-0.15, -0.1) is 0 Å². The first kappa shape index (κ1) is 15.8. The summed E-state index contributed by atoms with van der Waals surface area (Å²) >= 11 is 0. The number of primary amides is 1. The fourth-order valence-electron chi connectivity index (χ4n) is 2.91. The molecule has 4 heteroatoms. The molecule has 0 aliphatic carbocycles. The van der Waals surface area contributed by atoms with Crippen LogP contribution in [0.25, 0.3) is 28.2 Å². The first-order valence-electron chi connectivity index (χ1n) is 8.33. The van der Waals surface area contributed by atoms with Crippen LogP contribution in [0.2, 0.25) is 0 Å². The second-order valence-corrected chi connectivity index (χ2v) is 5.97. The van der Waals surface area contributed by atoms with E-state index >= 15 is 0 Å². The Kier molecular flexibility index (Phi) is 4.07. The van der Waals surface area contributed by atoms with Gasteiger partial charge in [-0.3, -0.25) is 4.79 Å². The van der Waals surface area contributed by atoms with Gasteiger partial charge < -0.3 is 5.73 Å². The normalized spacial score (nSPS) is 10.6. The lowest BCUT2D eigenvalue weighted by molar-refractivity contribution is 0.100. The minimum atomic E-state index is -0.440. The van der Waals surface area contributed by atoms with Gasteiger partial charge in [0.1, 0.15) is 0 Å². The fourth-order valence-corrected chi connectivity index (χ4v) is 2.91. The van der Waals surface area contributed by atoms with Gasteiger partial charge in [0.25, 0.3) is 0 Å². The van der Waals surface area contributed by atoms with E-state index in [4.69, 9.17) is 10.8 Å². The van der Waals surface area contributed by atoms with Gasteiger partial charge in [-0.25, -0.2) is 4.68 Å². The SMILES string of the molecule is NC(=O)c1ccc(-n2nc(-c3ccccc3)cc2-c2ccccc2)cc1. The Hall–Kier alpha value is -3.66. The molecule has 0 saturated carbocycles. The van der Waals surface area contributed by atoms with Crippen LogP contribution in [0.15, 0.2) is 91.0 Å². The summed E-state index contributed by atoms with van der Waals surface area (Å²) in [4.78, 5) is 11.3. The monoisotopic (exact) mass is 339 g/mol. The molecule has 0 spiro atoms. The molecule has 26 heavy (non-hydrogen) atoms. The van der Waals surface area contributed by atoms with E-state index in [-0.39, 0.29) is 0 Å². The number of carbonyl (C=O) groups is 1. The maximum atomic E-state index is 11.3. The second kappa shape index (κ2) is 6.69. The molecule has 0 fully saturated rings. The first-order chi connectivity index (χ1) is 12.7. The number of rotatable bonds is 4. The van der Waals surface area contributed by atoms with Gasteiger partial charge >= 0.3 is 0 Å². The summed E-state index contributed by atoms with van der Waals surface area (Å²) in [5.74, 6) is -0.440. The standard InChI is InChI=1S/C22H17N3O/c23-22(26)18-11-13-19(14-12-18)25-21(17-9-5-2-6-10-17)15-20(24-25)16-7-3-1-4-8-16/h1-15H,(H2,23,26). The van der Waals surface area contributed by atoms with Crippen LogP contribution in [-0.2, 0) is 0 Å². The van der Waals surface area contributed by atoms with Crippen LogP contribution in [0, 0.1) is 0 Å². The molecule has 4 nitrogen and oxygen atoms in total. The average Bonchev–Trinajstić information content (AvgIpc) is 3.15. The molecule has 0 aliphatic rings. The van der Waals surface area contributed by atoms with Crippen molar-refractivity contribution in [1.29, 1.82) is 0 Å². The molecule has 0 atom stereocenters. The molecule has 2 N–H and O–H groups in total. The average molecular weight is 339 g/mol. The fraction of sp³-hybridized carbons (Fsp3) is 0. The van der Waals surface area contributed by atoms with Crippen LogP contribution in [0.1, 0.15) is 10.4 Å². The Labute approximate surface area is 151 Å². The van der Waals surface area contributed by atoms with E-state index in [2.05, 4.69) is 18.2 Å². The number of amides is 1. The van der Waals surface area contributed by atoms with Gasteiger partial charge in [-0.1, -0.05) is 60.7 Å². The predicted octanol–water partition coefficient (Wildman–Crippen LogP) is 4.31. The minimum Gasteiger partial charge on any atom is -0.366 e. The Bertz CT molecular complexity index is 1040. The summed E-state index contributed by atoms with van der Waals surface area (Å²) in [6.07, 6.45) is 0. The first-order valence-corrected chi connectivity index (χ1v) is 8.33. The van der Waals surface area contributed by atoms with E-state index in [9.17, 15) is 4.79 Å². The molecule has 0 bridgehead atoms. The summed E-state index contributed by atoms with van der Waals surface area (Å²) in [6.45, 7) is 0. The molecule has 1 heterocycles. The van der Waals surface area contributed by atoms with Crippen molar-refractivity contribution in [3.8, 4) is 28.2 Å². The van der Waals surface area contributed by atoms with Crippen molar-refractivity contribution in [1.82, 2.24) is 9.78 Å². The Morgan fingerprint density at radius 2 is 1.35 bits per heavy atom. The third-order valence-electron chi connectivity index (χ3n) is 4.24. The van der Waals surface area contributed by atoms with Gasteiger partial charge in [0.15, 0.2) is 0 Å². The molecule has 0 aliphatic heterocycles. The van der Waals surface area contributed by atoms with Crippen molar-refractivity contribution >= 4 is 5.91 Å². The van der Waals surface area contributed by atoms with Gasteiger partial charge in [-0.2, -0.15) is 5.10 Å². The quantitative estimate of drug-likeness (QED) is 0.602. The lowest BCUT2D eigenvalue weighted by atomic mass is 10.1. The Morgan fingerprint density at radius 3 is 1.92 bits per heavy atom. The number of nitrogens with two attached hydrogens (primary N) is 1. The van der Waals surface area contributed by atoms with Crippen LogP contribution in [0.3, 0.4) is 0 Å². The van der Waals surface area contributed by atoms with Crippen LogP contribution in [-0.4, -0.2) is 15.7 Å². The van der Waals surface area contributed by atoms with Gasteiger partial charge in [-0.05, 0) is 30.3 Å². The number of nitrogens with zero attached hydrogens (tertiary/aromatic N) is 2. The minimum absolute atomic E-state index is 0.440. The molecule has 4 aromatic rings. The summed E-state index contributed by atoms with van der Waals surface area (Å²) in [5.41, 5.74) is 10.7. The van der Waals surface area contributed by atoms with Crippen molar-refractivity contribution in [3.63, 3.8) is 0 Å². The smallest absolute Gasteiger partial charge is 0.248 e. The molecule has 1 aromatic heterocycles. The molecule has 1 amide bonds. The van der Waals surface area contributed by atoms with Crippen LogP contribution < -0.4 is 5.73 Å². The topological polar surface area (TPSA) is 60.9 Å². The lowest BCUT2D eigenvalue weighted by Gasteiger charge is -2.08. The van der Waals surface area contributed by atoms with E-state index < -0.39 is 5.91 Å². The number of aromatic nitrogens is 2. The highest BCUT2D eigenvalue weighted by Gasteiger charge is 2.13. The zero-order valence-corrected chi connectivity index (χ0v) is 14.0. The number of hydrogen-bond acceptors (Lipinski definition) is 2. The maximum Gasteiger partial charge on any atom is 0.248 e. The van der Waals surface area contributed by atoms with Crippen molar-refractivity contribution in [3.05, 3.63) is 96.6 Å². The van der Waals surface area contributed by atoms with E-state index in [1.807, 2.05) is 65.3 Å². The van der Waals surface area contributed by atoms with E-state index in [1.165, 1.54) is 0 Å². The highest BCUT2D eigenvalue weighted by molar-refractivity contribution is 5.92. The zero-order chi connectivity index (χ0) is 17.9. The number of benzene rings is 3. The van der Waals surface area contributed by atoms with Gasteiger partial charge in [0.2, 0.25) is 5.91 Å². The molecule has 4 rings (SSSR count). The van der Waals surface area contributed by atoms with Crippen LogP contribution >= 0.6 is 0 Å². The van der Waals surface area contributed by atoms with Crippen molar-refractivity contribution in [2.45, 2.75) is 0 Å². The largest absolute Gasteiger partial charge is 0.366 e. The summed E-state index contributed by atoms with van der Waals surface area (Å²) in [5, 5.41) is 4.80. The molecule has 0 radical (unpaired) electrons. The Balaban J connectivity index is 1.87. The highest BCUT2D eigenvalue weighted by atomic mass is 16.1. The zero-order valence-electron chi connectivity index (χ0n) is 14.0. The summed E-state index contributed by atoms with van der Waals surface area (Å²) in [7, 11) is 0. The van der Waals surface area contributed by atoms with Crippen molar-refractivity contribution in [2.75, 3.05) is 0 Å². The Morgan fingerprint density at radius 1 is 0.769 bits per heavy atom. The number of hydrogen-bond donors (Lipinski definition) is 1. The highest BCUT2D eigenvalue weighted by Crippen LogP contribution is 2.28.